The second-order valence-corrected chi connectivity index (χ2v) is 5.27. The Kier molecular flexibility index (Phi) is 3.22. The van der Waals surface area contributed by atoms with E-state index in [-0.39, 0.29) is 0 Å². The molecular formula is C17H19NO2. The summed E-state index contributed by atoms with van der Waals surface area (Å²) in [6, 6.07) is 6.23. The van der Waals surface area contributed by atoms with Crippen molar-refractivity contribution in [3.63, 3.8) is 0 Å². The van der Waals surface area contributed by atoms with Crippen LogP contribution >= 0.6 is 0 Å². The molecular weight excluding hydrogens is 250 g/mol. The molecule has 1 N–H and O–H groups in total. The van der Waals surface area contributed by atoms with E-state index in [2.05, 4.69) is 30.6 Å². The average molecular weight is 269 g/mol. The van der Waals surface area contributed by atoms with Gasteiger partial charge in [-0.05, 0) is 24.0 Å². The number of H-pyrrole nitrogens is 1. The molecule has 1 aliphatic rings. The van der Waals surface area contributed by atoms with Crippen molar-refractivity contribution < 1.29 is 9.53 Å². The Morgan fingerprint density at radius 3 is 3.05 bits per heavy atom. The topological polar surface area (TPSA) is 42.1 Å². The number of nitrogens with one attached hydrogen (secondary N) is 1. The molecule has 1 unspecified atom stereocenters. The fraction of sp³-hybridized carbons (Fsp3) is 0.353. The predicted octanol–water partition coefficient (Wildman–Crippen LogP) is 3.58. The summed E-state index contributed by atoms with van der Waals surface area (Å²) in [6.07, 6.45) is 4.88. The standard InChI is InChI=1S/C17H19NO2/c1-3-12-6-5-7-13-14-8-11-20-17(4-2,9-10-19)16(14)18-15(12)13/h3,5-7,10,18H,1,4,8-9,11H2,2H3. The Labute approximate surface area is 118 Å². The number of rotatable bonds is 4. The maximum Gasteiger partial charge on any atom is 0.123 e. The number of benzene rings is 1. The van der Waals surface area contributed by atoms with Gasteiger partial charge < -0.3 is 14.5 Å². The summed E-state index contributed by atoms with van der Waals surface area (Å²) in [6.45, 7) is 6.61. The van der Waals surface area contributed by atoms with Gasteiger partial charge in [0.15, 0.2) is 0 Å². The van der Waals surface area contributed by atoms with Gasteiger partial charge in [-0.15, -0.1) is 0 Å². The second-order valence-electron chi connectivity index (χ2n) is 5.27. The van der Waals surface area contributed by atoms with Crippen LogP contribution in [0, 0.1) is 0 Å². The number of fused-ring (bicyclic) bond motifs is 3. The molecule has 1 aliphatic heterocycles. The molecule has 0 amide bonds. The molecule has 3 rings (SSSR count). The van der Waals surface area contributed by atoms with Crippen molar-refractivity contribution in [3.8, 4) is 0 Å². The second kappa shape index (κ2) is 4.91. The van der Waals surface area contributed by atoms with E-state index in [1.807, 2.05) is 12.1 Å². The summed E-state index contributed by atoms with van der Waals surface area (Å²) in [4.78, 5) is 14.6. The van der Waals surface area contributed by atoms with Gasteiger partial charge in [-0.3, -0.25) is 0 Å². The summed E-state index contributed by atoms with van der Waals surface area (Å²) in [5, 5.41) is 1.23. The molecule has 1 atom stereocenters. The SMILES string of the molecule is C=Cc1cccc2c3c([nH]c12)C(CC)(CC=O)OCC3. The summed E-state index contributed by atoms with van der Waals surface area (Å²) < 4.78 is 6.00. The zero-order valence-corrected chi connectivity index (χ0v) is 11.7. The van der Waals surface area contributed by atoms with Gasteiger partial charge >= 0.3 is 0 Å². The van der Waals surface area contributed by atoms with E-state index < -0.39 is 5.60 Å². The number of para-hydroxylation sites is 1. The monoisotopic (exact) mass is 269 g/mol. The van der Waals surface area contributed by atoms with Crippen LogP contribution in [0.2, 0.25) is 0 Å². The quantitative estimate of drug-likeness (QED) is 0.862. The van der Waals surface area contributed by atoms with Crippen LogP contribution in [0.3, 0.4) is 0 Å². The summed E-state index contributed by atoms with van der Waals surface area (Å²) in [5.74, 6) is 0. The maximum atomic E-state index is 11.1. The molecule has 2 aromatic rings. The third kappa shape index (κ3) is 1.74. The molecule has 20 heavy (non-hydrogen) atoms. The highest BCUT2D eigenvalue weighted by molar-refractivity contribution is 5.91. The van der Waals surface area contributed by atoms with Crippen molar-refractivity contribution in [2.45, 2.75) is 31.8 Å². The first kappa shape index (κ1) is 13.1. The zero-order valence-electron chi connectivity index (χ0n) is 11.7. The summed E-state index contributed by atoms with van der Waals surface area (Å²) >= 11 is 0. The van der Waals surface area contributed by atoms with Crippen molar-refractivity contribution in [3.05, 3.63) is 41.6 Å². The van der Waals surface area contributed by atoms with E-state index in [1.54, 1.807) is 0 Å². The first-order chi connectivity index (χ1) is 9.75. The molecule has 3 nitrogen and oxygen atoms in total. The van der Waals surface area contributed by atoms with E-state index in [0.29, 0.717) is 13.0 Å². The van der Waals surface area contributed by atoms with Crippen LogP contribution in [-0.4, -0.2) is 17.9 Å². The number of hydrogen-bond acceptors (Lipinski definition) is 2. The molecule has 0 radical (unpaired) electrons. The first-order valence-corrected chi connectivity index (χ1v) is 7.10. The number of aromatic nitrogens is 1. The normalized spacial score (nSPS) is 21.6. The zero-order chi connectivity index (χ0) is 14.2. The van der Waals surface area contributed by atoms with Gasteiger partial charge in [-0.25, -0.2) is 0 Å². The molecule has 0 saturated carbocycles. The Morgan fingerprint density at radius 2 is 2.35 bits per heavy atom. The van der Waals surface area contributed by atoms with Crippen LogP contribution in [0.5, 0.6) is 0 Å². The predicted molar refractivity (Wildman–Crippen MR) is 80.7 cm³/mol. The van der Waals surface area contributed by atoms with E-state index in [0.717, 1.165) is 35.9 Å². The van der Waals surface area contributed by atoms with E-state index in [9.17, 15) is 4.79 Å². The Morgan fingerprint density at radius 1 is 1.50 bits per heavy atom. The van der Waals surface area contributed by atoms with Gasteiger partial charge in [0, 0.05) is 11.8 Å². The first-order valence-electron chi connectivity index (χ1n) is 7.10. The Balaban J connectivity index is 2.29. The Bertz CT molecular complexity index is 671. The highest BCUT2D eigenvalue weighted by atomic mass is 16.5. The number of hydrogen-bond donors (Lipinski definition) is 1. The fourth-order valence-corrected chi connectivity index (χ4v) is 3.25. The lowest BCUT2D eigenvalue weighted by molar-refractivity contribution is -0.119. The third-order valence-corrected chi connectivity index (χ3v) is 4.36. The number of carbonyl (C=O) groups is 1. The molecule has 0 spiro atoms. The van der Waals surface area contributed by atoms with Gasteiger partial charge in [0.25, 0.3) is 0 Å². The molecule has 1 aromatic carbocycles. The molecule has 0 aliphatic carbocycles. The summed E-state index contributed by atoms with van der Waals surface area (Å²) in [5.41, 5.74) is 4.06. The minimum atomic E-state index is -0.493. The van der Waals surface area contributed by atoms with Crippen molar-refractivity contribution in [1.29, 1.82) is 0 Å². The number of carbonyl (C=O) groups excluding carboxylic acids is 1. The van der Waals surface area contributed by atoms with Crippen LogP contribution < -0.4 is 0 Å². The lowest BCUT2D eigenvalue weighted by atomic mass is 9.86. The minimum Gasteiger partial charge on any atom is -0.368 e. The summed E-state index contributed by atoms with van der Waals surface area (Å²) in [7, 11) is 0. The fourth-order valence-electron chi connectivity index (χ4n) is 3.25. The van der Waals surface area contributed by atoms with E-state index >= 15 is 0 Å². The van der Waals surface area contributed by atoms with Crippen LogP contribution in [-0.2, 0) is 21.6 Å². The number of aromatic amines is 1. The van der Waals surface area contributed by atoms with Crippen LogP contribution in [0.25, 0.3) is 17.0 Å². The van der Waals surface area contributed by atoms with Crippen molar-refractivity contribution in [1.82, 2.24) is 4.98 Å². The highest BCUT2D eigenvalue weighted by Gasteiger charge is 2.38. The molecule has 3 heteroatoms. The largest absolute Gasteiger partial charge is 0.368 e. The minimum absolute atomic E-state index is 0.396. The maximum absolute atomic E-state index is 11.1. The molecule has 104 valence electrons. The smallest absolute Gasteiger partial charge is 0.123 e. The van der Waals surface area contributed by atoms with E-state index in [1.165, 1.54) is 10.9 Å². The molecule has 0 fully saturated rings. The van der Waals surface area contributed by atoms with Gasteiger partial charge in [0.05, 0.1) is 17.8 Å². The number of aldehydes is 1. The average Bonchev–Trinajstić information content (AvgIpc) is 2.87. The van der Waals surface area contributed by atoms with Crippen LogP contribution in [0.15, 0.2) is 24.8 Å². The van der Waals surface area contributed by atoms with Gasteiger partial charge in [0.2, 0.25) is 0 Å². The lowest BCUT2D eigenvalue weighted by Gasteiger charge is -2.35. The Hall–Kier alpha value is -1.87. The lowest BCUT2D eigenvalue weighted by Crippen LogP contribution is -2.35. The highest BCUT2D eigenvalue weighted by Crippen LogP contribution is 2.41. The van der Waals surface area contributed by atoms with Crippen molar-refractivity contribution in [2.75, 3.05) is 6.61 Å². The van der Waals surface area contributed by atoms with Crippen LogP contribution in [0.1, 0.15) is 36.6 Å². The van der Waals surface area contributed by atoms with Gasteiger partial charge in [-0.1, -0.05) is 37.8 Å². The van der Waals surface area contributed by atoms with Crippen LogP contribution in [0.4, 0.5) is 0 Å². The van der Waals surface area contributed by atoms with Crippen molar-refractivity contribution >= 4 is 23.3 Å². The molecule has 1 aromatic heterocycles. The molecule has 0 bridgehead atoms. The third-order valence-electron chi connectivity index (χ3n) is 4.36. The van der Waals surface area contributed by atoms with Crippen molar-refractivity contribution in [2.24, 2.45) is 0 Å². The van der Waals surface area contributed by atoms with Gasteiger partial charge in [0.1, 0.15) is 11.9 Å². The number of ether oxygens (including phenoxy) is 1. The molecule has 0 saturated heterocycles. The molecule has 2 heterocycles. The van der Waals surface area contributed by atoms with Gasteiger partial charge in [-0.2, -0.15) is 0 Å². The van der Waals surface area contributed by atoms with E-state index in [4.69, 9.17) is 4.74 Å².